The predicted molar refractivity (Wildman–Crippen MR) is 75.2 cm³/mol. The molecule has 0 aliphatic heterocycles. The van der Waals surface area contributed by atoms with Gasteiger partial charge < -0.3 is 0 Å². The van der Waals surface area contributed by atoms with E-state index in [1.807, 2.05) is 0 Å². The van der Waals surface area contributed by atoms with Gasteiger partial charge in [0.25, 0.3) is 0 Å². The van der Waals surface area contributed by atoms with Crippen LogP contribution in [-0.4, -0.2) is 11.1 Å². The Morgan fingerprint density at radius 3 is 2.84 bits per heavy atom. The number of nitrogens with zero attached hydrogens (tertiary/aromatic N) is 2. The van der Waals surface area contributed by atoms with Crippen molar-refractivity contribution in [1.82, 2.24) is 4.98 Å². The molecule has 0 amide bonds. The van der Waals surface area contributed by atoms with Crippen molar-refractivity contribution in [1.29, 1.82) is 0 Å². The van der Waals surface area contributed by atoms with Crippen molar-refractivity contribution in [2.45, 2.75) is 43.6 Å². The molecule has 19 heavy (non-hydrogen) atoms. The van der Waals surface area contributed by atoms with E-state index in [0.717, 1.165) is 30.3 Å². The fraction of sp³-hybridized carbons (Fsp3) is 0.467. The van der Waals surface area contributed by atoms with Crippen LogP contribution in [-0.2, 0) is 10.3 Å². The molecule has 0 atom stereocenters. The van der Waals surface area contributed by atoms with Crippen molar-refractivity contribution in [3.05, 3.63) is 28.8 Å². The van der Waals surface area contributed by atoms with Gasteiger partial charge in [0, 0.05) is 11.5 Å². The molecule has 0 N–H and O–H groups in total. The van der Waals surface area contributed by atoms with Crippen LogP contribution in [0.1, 0.15) is 48.6 Å². The van der Waals surface area contributed by atoms with Crippen LogP contribution in [0, 0.1) is 0 Å². The minimum absolute atomic E-state index is 0.337. The smallest absolute Gasteiger partial charge is 0.235 e. The maximum atomic E-state index is 10.7. The highest BCUT2D eigenvalue weighted by atomic mass is 32.1. The van der Waals surface area contributed by atoms with Gasteiger partial charge in [0.2, 0.25) is 6.08 Å². The second-order valence-electron chi connectivity index (χ2n) is 5.57. The average molecular weight is 270 g/mol. The Bertz CT molecular complexity index is 691. The van der Waals surface area contributed by atoms with Crippen LogP contribution in [0.2, 0.25) is 0 Å². The van der Waals surface area contributed by atoms with E-state index in [2.05, 4.69) is 23.2 Å². The minimum Gasteiger partial charge on any atom is -0.241 e. The minimum atomic E-state index is -0.337. The maximum absolute atomic E-state index is 10.7. The molecular formula is C15H14N2OS. The van der Waals surface area contributed by atoms with Crippen molar-refractivity contribution >= 4 is 27.6 Å². The SMILES string of the molecule is O=C=NC1(c2cccc3sc(C4CC4)nc23)CCC1. The zero-order valence-corrected chi connectivity index (χ0v) is 11.4. The van der Waals surface area contributed by atoms with Crippen LogP contribution < -0.4 is 0 Å². The Balaban J connectivity index is 1.91. The summed E-state index contributed by atoms with van der Waals surface area (Å²) in [5, 5.41) is 1.26. The molecule has 2 fully saturated rings. The summed E-state index contributed by atoms with van der Waals surface area (Å²) >= 11 is 1.80. The molecule has 4 rings (SSSR count). The number of aromatic nitrogens is 1. The number of thiazole rings is 1. The highest BCUT2D eigenvalue weighted by Crippen LogP contribution is 2.49. The normalized spacial score (nSPS) is 20.8. The first kappa shape index (κ1) is 11.3. The molecule has 1 aromatic carbocycles. The second-order valence-corrected chi connectivity index (χ2v) is 6.63. The standard InChI is InChI=1S/C15H14N2OS/c18-9-16-15(7-2-8-15)11-3-1-4-12-13(11)17-14(19-12)10-5-6-10/h1,3-4,10H,2,5-8H2. The molecule has 4 heteroatoms. The number of para-hydroxylation sites is 1. The highest BCUT2D eigenvalue weighted by Gasteiger charge is 2.41. The lowest BCUT2D eigenvalue weighted by molar-refractivity contribution is 0.258. The van der Waals surface area contributed by atoms with Crippen LogP contribution in [0.25, 0.3) is 10.2 Å². The predicted octanol–water partition coefficient (Wildman–Crippen LogP) is 3.89. The number of hydrogen-bond acceptors (Lipinski definition) is 4. The molecule has 0 unspecified atom stereocenters. The monoisotopic (exact) mass is 270 g/mol. The third-order valence-electron chi connectivity index (χ3n) is 4.30. The number of fused-ring (bicyclic) bond motifs is 1. The van der Waals surface area contributed by atoms with Crippen molar-refractivity contribution in [3.63, 3.8) is 0 Å². The molecule has 2 saturated carbocycles. The van der Waals surface area contributed by atoms with Crippen LogP contribution in [0.4, 0.5) is 0 Å². The van der Waals surface area contributed by atoms with E-state index in [1.54, 1.807) is 17.4 Å². The summed E-state index contributed by atoms with van der Waals surface area (Å²) in [6, 6.07) is 6.27. The first-order valence-corrected chi connectivity index (χ1v) is 7.63. The van der Waals surface area contributed by atoms with Gasteiger partial charge in [-0.05, 0) is 38.2 Å². The third kappa shape index (κ3) is 1.67. The number of aliphatic imine (C=N–C) groups is 1. The number of carbonyl (C=O) groups excluding carboxylic acids is 1. The first-order chi connectivity index (χ1) is 9.32. The van der Waals surface area contributed by atoms with Crippen molar-refractivity contribution in [3.8, 4) is 0 Å². The quantitative estimate of drug-likeness (QED) is 0.627. The van der Waals surface area contributed by atoms with Crippen molar-refractivity contribution in [2.24, 2.45) is 4.99 Å². The molecule has 0 radical (unpaired) electrons. The molecule has 1 aromatic heterocycles. The zero-order chi connectivity index (χ0) is 12.9. The Hall–Kier alpha value is -1.51. The Morgan fingerprint density at radius 1 is 1.37 bits per heavy atom. The summed E-state index contributed by atoms with van der Waals surface area (Å²) in [4.78, 5) is 19.7. The van der Waals surface area contributed by atoms with E-state index in [0.29, 0.717) is 5.92 Å². The molecular weight excluding hydrogens is 256 g/mol. The molecule has 0 saturated heterocycles. The summed E-state index contributed by atoms with van der Waals surface area (Å²) in [5.41, 5.74) is 1.85. The number of benzene rings is 1. The van der Waals surface area contributed by atoms with Crippen molar-refractivity contribution < 1.29 is 4.79 Å². The molecule has 2 aliphatic carbocycles. The molecule has 0 bridgehead atoms. The van der Waals surface area contributed by atoms with E-state index >= 15 is 0 Å². The molecule has 96 valence electrons. The van der Waals surface area contributed by atoms with Gasteiger partial charge in [-0.2, -0.15) is 4.99 Å². The highest BCUT2D eigenvalue weighted by molar-refractivity contribution is 7.18. The lowest BCUT2D eigenvalue weighted by atomic mass is 9.72. The van der Waals surface area contributed by atoms with Gasteiger partial charge in [-0.15, -0.1) is 11.3 Å². The van der Waals surface area contributed by atoms with Crippen LogP contribution >= 0.6 is 11.3 Å². The average Bonchev–Trinajstić information content (AvgIpc) is 3.13. The van der Waals surface area contributed by atoms with Gasteiger partial charge in [0.1, 0.15) is 5.54 Å². The summed E-state index contributed by atoms with van der Waals surface area (Å²) in [7, 11) is 0. The first-order valence-electron chi connectivity index (χ1n) is 6.81. The lowest BCUT2D eigenvalue weighted by Gasteiger charge is -2.37. The van der Waals surface area contributed by atoms with E-state index < -0.39 is 0 Å². The van der Waals surface area contributed by atoms with Gasteiger partial charge in [-0.25, -0.2) is 9.78 Å². The Labute approximate surface area is 115 Å². The van der Waals surface area contributed by atoms with E-state index in [4.69, 9.17) is 4.98 Å². The zero-order valence-electron chi connectivity index (χ0n) is 10.6. The Morgan fingerprint density at radius 2 is 2.21 bits per heavy atom. The number of rotatable bonds is 3. The van der Waals surface area contributed by atoms with Crippen molar-refractivity contribution in [2.75, 3.05) is 0 Å². The van der Waals surface area contributed by atoms with Gasteiger partial charge in [0.15, 0.2) is 0 Å². The fourth-order valence-corrected chi connectivity index (χ4v) is 4.05. The molecule has 0 spiro atoms. The lowest BCUT2D eigenvalue weighted by Crippen LogP contribution is -2.32. The summed E-state index contributed by atoms with van der Waals surface area (Å²) in [5.74, 6) is 0.678. The number of hydrogen-bond donors (Lipinski definition) is 0. The topological polar surface area (TPSA) is 42.3 Å². The van der Waals surface area contributed by atoms with Gasteiger partial charge in [0.05, 0.1) is 15.2 Å². The second kappa shape index (κ2) is 3.99. The fourth-order valence-electron chi connectivity index (χ4n) is 2.89. The molecule has 2 aliphatic rings. The van der Waals surface area contributed by atoms with Crippen LogP contribution in [0.15, 0.2) is 23.2 Å². The number of isocyanates is 1. The Kier molecular flexibility index (Phi) is 2.38. The van der Waals surface area contributed by atoms with Crippen LogP contribution in [0.5, 0.6) is 0 Å². The maximum Gasteiger partial charge on any atom is 0.235 e. The molecule has 2 aromatic rings. The summed E-state index contributed by atoms with van der Waals surface area (Å²) in [6.45, 7) is 0. The van der Waals surface area contributed by atoms with E-state index in [9.17, 15) is 4.79 Å². The third-order valence-corrected chi connectivity index (χ3v) is 5.49. The van der Waals surface area contributed by atoms with Crippen LogP contribution in [0.3, 0.4) is 0 Å². The van der Waals surface area contributed by atoms with E-state index in [1.165, 1.54) is 22.5 Å². The molecule has 3 nitrogen and oxygen atoms in total. The summed E-state index contributed by atoms with van der Waals surface area (Å²) < 4.78 is 1.23. The summed E-state index contributed by atoms with van der Waals surface area (Å²) in [6.07, 6.45) is 7.32. The van der Waals surface area contributed by atoms with Gasteiger partial charge >= 0.3 is 0 Å². The largest absolute Gasteiger partial charge is 0.241 e. The van der Waals surface area contributed by atoms with Gasteiger partial charge in [-0.1, -0.05) is 12.1 Å². The molecule has 1 heterocycles. The van der Waals surface area contributed by atoms with E-state index in [-0.39, 0.29) is 5.54 Å². The van der Waals surface area contributed by atoms with Gasteiger partial charge in [-0.3, -0.25) is 0 Å².